The number of unbranched alkanes of at least 4 members (excludes halogenated alkanes) is 5. The van der Waals surface area contributed by atoms with Gasteiger partial charge in [0.15, 0.2) is 0 Å². The topological polar surface area (TPSA) is 55.4 Å². The first-order valence-corrected chi connectivity index (χ1v) is 9.83. The van der Waals surface area contributed by atoms with Crippen molar-refractivity contribution in [3.63, 3.8) is 0 Å². The summed E-state index contributed by atoms with van der Waals surface area (Å²) in [5.41, 5.74) is -0.576. The Morgan fingerprint density at radius 3 is 2.13 bits per heavy atom. The van der Waals surface area contributed by atoms with Crippen molar-refractivity contribution in [1.29, 1.82) is 0 Å². The van der Waals surface area contributed by atoms with E-state index in [1.54, 1.807) is 20.8 Å². The molecule has 0 aliphatic carbocycles. The highest BCUT2D eigenvalue weighted by atomic mass is 79.9. The maximum Gasteiger partial charge on any atom is 0.414 e. The van der Waals surface area contributed by atoms with Crippen LogP contribution in [0.2, 0.25) is 0 Å². The molecule has 0 rings (SSSR count). The van der Waals surface area contributed by atoms with E-state index in [1.807, 2.05) is 0 Å². The quantitative estimate of drug-likeness (QED) is 0.361. The maximum atomic E-state index is 11.6. The van der Waals surface area contributed by atoms with Gasteiger partial charge in [-0.1, -0.05) is 61.4 Å². The molecule has 0 heterocycles. The average Bonchev–Trinajstić information content (AvgIpc) is 2.40. The Balaban J connectivity index is 3.54. The predicted molar refractivity (Wildman–Crippen MR) is 98.9 cm³/mol. The van der Waals surface area contributed by atoms with Gasteiger partial charge >= 0.3 is 6.09 Å². The van der Waals surface area contributed by atoms with Crippen molar-refractivity contribution >= 4 is 27.9 Å². The Morgan fingerprint density at radius 1 is 1.00 bits per heavy atom. The zero-order chi connectivity index (χ0) is 17.7. The number of hydrogen-bond donors (Lipinski definition) is 1. The van der Waals surface area contributed by atoms with Gasteiger partial charge in [0.2, 0.25) is 5.91 Å². The average molecular weight is 392 g/mol. The molecule has 1 atom stereocenters. The first-order valence-electron chi connectivity index (χ1n) is 8.91. The van der Waals surface area contributed by atoms with E-state index in [0.29, 0.717) is 11.2 Å². The van der Waals surface area contributed by atoms with Crippen molar-refractivity contribution in [2.24, 2.45) is 0 Å². The summed E-state index contributed by atoms with van der Waals surface area (Å²) >= 11 is 3.74. The van der Waals surface area contributed by atoms with Crippen LogP contribution in [0, 0.1) is 0 Å². The van der Waals surface area contributed by atoms with E-state index in [4.69, 9.17) is 4.74 Å². The van der Waals surface area contributed by atoms with Crippen LogP contribution >= 0.6 is 15.9 Å². The fourth-order valence-corrected chi connectivity index (χ4v) is 2.89. The predicted octanol–water partition coefficient (Wildman–Crippen LogP) is 5.72. The molecule has 0 aliphatic rings. The summed E-state index contributed by atoms with van der Waals surface area (Å²) in [6.45, 7) is 7.55. The summed E-state index contributed by atoms with van der Waals surface area (Å²) in [6, 6.07) is 0. The number of amides is 2. The van der Waals surface area contributed by atoms with Crippen molar-refractivity contribution in [2.45, 2.75) is 102 Å². The van der Waals surface area contributed by atoms with Crippen LogP contribution in [0.4, 0.5) is 4.79 Å². The lowest BCUT2D eigenvalue weighted by Gasteiger charge is -2.19. The summed E-state index contributed by atoms with van der Waals surface area (Å²) in [5, 5.41) is 2.27. The molecule has 0 bridgehead atoms. The van der Waals surface area contributed by atoms with Crippen molar-refractivity contribution in [2.75, 3.05) is 0 Å². The van der Waals surface area contributed by atoms with Crippen molar-refractivity contribution < 1.29 is 14.3 Å². The highest BCUT2D eigenvalue weighted by Gasteiger charge is 2.17. The molecule has 0 aliphatic heterocycles. The summed E-state index contributed by atoms with van der Waals surface area (Å²) in [7, 11) is 0. The van der Waals surface area contributed by atoms with Crippen LogP contribution < -0.4 is 5.32 Å². The molecular formula is C18H34BrNO3. The number of nitrogens with one attached hydrogen (secondary N) is 1. The largest absolute Gasteiger partial charge is 0.444 e. The Labute approximate surface area is 150 Å². The second kappa shape index (κ2) is 12.8. The van der Waals surface area contributed by atoms with Gasteiger partial charge in [0, 0.05) is 11.2 Å². The zero-order valence-corrected chi connectivity index (χ0v) is 16.8. The molecule has 0 spiro atoms. The van der Waals surface area contributed by atoms with Crippen LogP contribution in [0.3, 0.4) is 0 Å². The summed E-state index contributed by atoms with van der Waals surface area (Å²) in [5.74, 6) is -0.253. The molecule has 0 aromatic rings. The monoisotopic (exact) mass is 391 g/mol. The zero-order valence-electron chi connectivity index (χ0n) is 15.3. The van der Waals surface area contributed by atoms with E-state index in [0.717, 1.165) is 19.3 Å². The fraction of sp³-hybridized carbons (Fsp3) is 0.889. The van der Waals surface area contributed by atoms with Gasteiger partial charge in [0.05, 0.1) is 0 Å². The van der Waals surface area contributed by atoms with Gasteiger partial charge in [0.1, 0.15) is 5.60 Å². The lowest BCUT2D eigenvalue weighted by atomic mass is 10.1. The Hall–Kier alpha value is -0.580. The molecule has 1 unspecified atom stereocenters. The van der Waals surface area contributed by atoms with Crippen LogP contribution in [0.25, 0.3) is 0 Å². The van der Waals surface area contributed by atoms with Crippen LogP contribution in [0.15, 0.2) is 0 Å². The molecule has 0 radical (unpaired) electrons. The molecule has 0 aromatic carbocycles. The lowest BCUT2D eigenvalue weighted by Crippen LogP contribution is -2.36. The van der Waals surface area contributed by atoms with Crippen molar-refractivity contribution in [1.82, 2.24) is 5.32 Å². The Kier molecular flexibility index (Phi) is 12.5. The summed E-state index contributed by atoms with van der Waals surface area (Å²) in [4.78, 5) is 23.7. The number of hydrogen-bond acceptors (Lipinski definition) is 3. The third-order valence-electron chi connectivity index (χ3n) is 3.43. The van der Waals surface area contributed by atoms with Crippen molar-refractivity contribution in [3.8, 4) is 0 Å². The highest BCUT2D eigenvalue weighted by molar-refractivity contribution is 9.09. The Morgan fingerprint density at radius 2 is 1.57 bits per heavy atom. The fourth-order valence-electron chi connectivity index (χ4n) is 2.25. The molecule has 0 fully saturated rings. The SMILES string of the molecule is CCCCCC(Br)CCCCCCC(=O)NC(=O)OC(C)(C)C. The van der Waals surface area contributed by atoms with Crippen molar-refractivity contribution in [3.05, 3.63) is 0 Å². The lowest BCUT2D eigenvalue weighted by molar-refractivity contribution is -0.120. The molecule has 1 N–H and O–H groups in total. The third-order valence-corrected chi connectivity index (χ3v) is 4.35. The number of ether oxygens (including phenoxy) is 1. The molecule has 4 nitrogen and oxygen atoms in total. The normalized spacial score (nSPS) is 12.7. The number of rotatable bonds is 11. The minimum atomic E-state index is -0.656. The Bertz CT molecular complexity index is 340. The summed E-state index contributed by atoms with van der Waals surface area (Å²) in [6.07, 6.45) is 10.2. The number of alkyl halides is 1. The van der Waals surface area contributed by atoms with Gasteiger partial charge in [-0.2, -0.15) is 0 Å². The number of alkyl carbamates (subject to hydrolysis) is 1. The van der Waals surface area contributed by atoms with Crippen LogP contribution in [-0.2, 0) is 9.53 Å². The molecule has 0 saturated heterocycles. The van der Waals surface area contributed by atoms with Crippen LogP contribution in [0.1, 0.15) is 91.9 Å². The van der Waals surface area contributed by atoms with E-state index in [2.05, 4.69) is 28.2 Å². The molecule has 5 heteroatoms. The first kappa shape index (κ1) is 22.4. The third kappa shape index (κ3) is 16.1. The highest BCUT2D eigenvalue weighted by Crippen LogP contribution is 2.18. The molecule has 2 amide bonds. The molecule has 0 saturated carbocycles. The van der Waals surface area contributed by atoms with Gasteiger partial charge in [-0.05, 0) is 40.0 Å². The molecular weight excluding hydrogens is 358 g/mol. The van der Waals surface area contributed by atoms with Crippen LogP contribution in [-0.4, -0.2) is 22.4 Å². The summed E-state index contributed by atoms with van der Waals surface area (Å²) < 4.78 is 5.04. The van der Waals surface area contributed by atoms with E-state index in [9.17, 15) is 9.59 Å². The van der Waals surface area contributed by atoms with E-state index < -0.39 is 11.7 Å². The molecule has 136 valence electrons. The second-order valence-corrected chi connectivity index (χ2v) is 8.39. The smallest absolute Gasteiger partial charge is 0.414 e. The number of halogens is 1. The van der Waals surface area contributed by atoms with E-state index in [-0.39, 0.29) is 5.91 Å². The minimum Gasteiger partial charge on any atom is -0.444 e. The maximum absolute atomic E-state index is 11.6. The van der Waals surface area contributed by atoms with Gasteiger partial charge in [-0.3, -0.25) is 10.1 Å². The number of carbonyl (C=O) groups excluding carboxylic acids is 2. The van der Waals surface area contributed by atoms with Gasteiger partial charge in [-0.25, -0.2) is 4.79 Å². The van der Waals surface area contributed by atoms with Crippen LogP contribution in [0.5, 0.6) is 0 Å². The number of carbonyl (C=O) groups is 2. The number of imide groups is 1. The minimum absolute atomic E-state index is 0.253. The van der Waals surface area contributed by atoms with Gasteiger partial charge in [-0.15, -0.1) is 0 Å². The standard InChI is InChI=1S/C18H34BrNO3/c1-5-6-9-12-15(19)13-10-7-8-11-14-16(21)20-17(22)23-18(2,3)4/h15H,5-14H2,1-4H3,(H,20,21,22). The first-order chi connectivity index (χ1) is 10.7. The van der Waals surface area contributed by atoms with Gasteiger partial charge in [0.25, 0.3) is 0 Å². The second-order valence-electron chi connectivity index (χ2n) is 7.10. The van der Waals surface area contributed by atoms with E-state index in [1.165, 1.54) is 38.5 Å². The molecule has 0 aromatic heterocycles. The van der Waals surface area contributed by atoms with E-state index >= 15 is 0 Å². The van der Waals surface area contributed by atoms with Gasteiger partial charge < -0.3 is 4.74 Å². The molecule has 23 heavy (non-hydrogen) atoms.